The monoisotopic (exact) mass is 289 g/mol. The van der Waals surface area contributed by atoms with E-state index in [0.717, 1.165) is 0 Å². The Morgan fingerprint density at radius 1 is 1.52 bits per heavy atom. The number of rotatable bonds is 5. The van der Waals surface area contributed by atoms with E-state index in [9.17, 15) is 10.1 Å². The smallest absolute Gasteiger partial charge is 0.311 e. The fourth-order valence-electron chi connectivity index (χ4n) is 2.07. The lowest BCUT2D eigenvalue weighted by Gasteiger charge is -2.23. The maximum Gasteiger partial charge on any atom is 0.311 e. The number of para-hydroxylation sites is 1. The topological polar surface area (TPSA) is 118 Å². The normalized spacial score (nSPS) is 10.5. The van der Waals surface area contributed by atoms with Crippen molar-refractivity contribution in [2.24, 2.45) is 5.73 Å². The van der Waals surface area contributed by atoms with Crippen LogP contribution in [0.5, 0.6) is 0 Å². The lowest BCUT2D eigenvalue weighted by molar-refractivity contribution is -0.384. The second kappa shape index (κ2) is 6.14. The third-order valence-corrected chi connectivity index (χ3v) is 3.00. The van der Waals surface area contributed by atoms with Gasteiger partial charge in [0.2, 0.25) is 0 Å². The molecule has 8 nitrogen and oxygen atoms in total. The molecular formula is C13H15N5O3. The van der Waals surface area contributed by atoms with Crippen LogP contribution >= 0.6 is 0 Å². The molecule has 0 amide bonds. The van der Waals surface area contributed by atoms with Crippen LogP contribution in [0.3, 0.4) is 0 Å². The molecule has 8 heteroatoms. The molecule has 1 heterocycles. The predicted octanol–water partition coefficient (Wildman–Crippen LogP) is 1.49. The zero-order chi connectivity index (χ0) is 15.4. The first-order chi connectivity index (χ1) is 10.1. The lowest BCUT2D eigenvalue weighted by Crippen LogP contribution is -2.39. The number of nitrogens with zero attached hydrogens (tertiary/aromatic N) is 3. The van der Waals surface area contributed by atoms with Crippen molar-refractivity contribution < 1.29 is 9.66 Å². The summed E-state index contributed by atoms with van der Waals surface area (Å²) in [5.41, 5.74) is 6.24. The van der Waals surface area contributed by atoms with Crippen molar-refractivity contribution in [2.75, 3.05) is 25.2 Å². The molecule has 2 aromatic rings. The van der Waals surface area contributed by atoms with Crippen LogP contribution in [0.4, 0.5) is 11.4 Å². The summed E-state index contributed by atoms with van der Waals surface area (Å²) in [5.74, 6) is -0.286. The number of aromatic nitrogens is 1. The number of nitro groups is 1. The molecule has 0 fully saturated rings. The number of hydrogen-bond donors (Lipinski definition) is 2. The molecule has 0 bridgehead atoms. The summed E-state index contributed by atoms with van der Waals surface area (Å²) in [6.07, 6.45) is 1.18. The number of hydrogen-bond acceptors (Lipinski definition) is 5. The maximum absolute atomic E-state index is 11.3. The first-order valence-electron chi connectivity index (χ1n) is 6.19. The van der Waals surface area contributed by atoms with Crippen molar-refractivity contribution in [1.82, 2.24) is 4.98 Å². The van der Waals surface area contributed by atoms with Crippen molar-refractivity contribution in [2.45, 2.75) is 0 Å². The molecule has 0 radical (unpaired) electrons. The first kappa shape index (κ1) is 14.7. The summed E-state index contributed by atoms with van der Waals surface area (Å²) < 4.78 is 4.98. The largest absolute Gasteiger partial charge is 0.383 e. The van der Waals surface area contributed by atoms with Gasteiger partial charge in [-0.15, -0.1) is 0 Å². The number of pyridine rings is 1. The highest BCUT2D eigenvalue weighted by Gasteiger charge is 2.24. The molecule has 1 aromatic heterocycles. The van der Waals surface area contributed by atoms with E-state index < -0.39 is 4.92 Å². The van der Waals surface area contributed by atoms with Crippen molar-refractivity contribution in [3.8, 4) is 0 Å². The van der Waals surface area contributed by atoms with E-state index in [1.165, 1.54) is 18.2 Å². The van der Waals surface area contributed by atoms with E-state index in [1.807, 2.05) is 0 Å². The molecule has 1 aromatic carbocycles. The number of nitrogens with two attached hydrogens (primary N) is 1. The number of guanidine groups is 1. The van der Waals surface area contributed by atoms with Crippen LogP contribution in [0.15, 0.2) is 30.5 Å². The van der Waals surface area contributed by atoms with Gasteiger partial charge in [-0.25, -0.2) is 4.98 Å². The Balaban J connectivity index is 2.69. The van der Waals surface area contributed by atoms with Crippen LogP contribution in [0.1, 0.15) is 0 Å². The number of methoxy groups -OCH3 is 1. The quantitative estimate of drug-likeness (QED) is 0.372. The van der Waals surface area contributed by atoms with Crippen LogP contribution in [-0.2, 0) is 4.74 Å². The van der Waals surface area contributed by atoms with Crippen molar-refractivity contribution >= 4 is 28.2 Å². The first-order valence-corrected chi connectivity index (χ1v) is 6.19. The van der Waals surface area contributed by atoms with E-state index in [1.54, 1.807) is 24.3 Å². The Morgan fingerprint density at radius 3 is 2.86 bits per heavy atom. The molecule has 0 aliphatic carbocycles. The summed E-state index contributed by atoms with van der Waals surface area (Å²) in [5, 5.41) is 19.5. The van der Waals surface area contributed by atoms with Gasteiger partial charge in [0.25, 0.3) is 0 Å². The molecule has 0 saturated heterocycles. The van der Waals surface area contributed by atoms with Crippen LogP contribution in [0.25, 0.3) is 10.9 Å². The van der Waals surface area contributed by atoms with Gasteiger partial charge in [0.15, 0.2) is 5.96 Å². The molecule has 2 rings (SSSR count). The molecule has 21 heavy (non-hydrogen) atoms. The van der Waals surface area contributed by atoms with E-state index >= 15 is 0 Å². The van der Waals surface area contributed by atoms with Gasteiger partial charge in [0.1, 0.15) is 11.9 Å². The minimum atomic E-state index is -0.530. The molecule has 0 unspecified atom stereocenters. The fourth-order valence-corrected chi connectivity index (χ4v) is 2.07. The maximum atomic E-state index is 11.3. The third kappa shape index (κ3) is 2.90. The van der Waals surface area contributed by atoms with E-state index in [-0.39, 0.29) is 30.5 Å². The molecule has 0 spiro atoms. The minimum Gasteiger partial charge on any atom is -0.383 e. The second-order valence-electron chi connectivity index (χ2n) is 4.30. The Bertz CT molecular complexity index is 689. The minimum absolute atomic E-state index is 0.194. The van der Waals surface area contributed by atoms with Crippen LogP contribution in [0.2, 0.25) is 0 Å². The summed E-state index contributed by atoms with van der Waals surface area (Å²) in [6, 6.07) is 7.01. The zero-order valence-corrected chi connectivity index (χ0v) is 11.4. The number of benzene rings is 1. The number of ether oxygens (including phenoxy) is 1. The van der Waals surface area contributed by atoms with Gasteiger partial charge >= 0.3 is 5.69 Å². The van der Waals surface area contributed by atoms with Gasteiger partial charge in [0.05, 0.1) is 17.0 Å². The Labute approximate surface area is 120 Å². The summed E-state index contributed by atoms with van der Waals surface area (Å²) in [7, 11) is 1.51. The average Bonchev–Trinajstić information content (AvgIpc) is 2.47. The van der Waals surface area contributed by atoms with Crippen LogP contribution < -0.4 is 10.6 Å². The highest BCUT2D eigenvalue weighted by molar-refractivity contribution is 6.05. The van der Waals surface area contributed by atoms with Gasteiger partial charge in [-0.2, -0.15) is 0 Å². The van der Waals surface area contributed by atoms with Gasteiger partial charge in [-0.1, -0.05) is 18.2 Å². The Morgan fingerprint density at radius 2 is 2.24 bits per heavy atom. The highest BCUT2D eigenvalue weighted by atomic mass is 16.6. The van der Waals surface area contributed by atoms with Crippen LogP contribution in [-0.4, -0.2) is 36.1 Å². The molecular weight excluding hydrogens is 274 g/mol. The van der Waals surface area contributed by atoms with E-state index in [4.69, 9.17) is 15.9 Å². The van der Waals surface area contributed by atoms with E-state index in [0.29, 0.717) is 10.9 Å². The Hall–Kier alpha value is -2.74. The SMILES string of the molecule is COCCN(C(=N)N)c1c([N+](=O)[O-])cnc2ccccc12. The average molecular weight is 289 g/mol. The summed E-state index contributed by atoms with van der Waals surface area (Å²) in [4.78, 5) is 16.2. The van der Waals surface area contributed by atoms with Gasteiger partial charge < -0.3 is 15.4 Å². The van der Waals surface area contributed by atoms with Crippen molar-refractivity contribution in [3.63, 3.8) is 0 Å². The molecule has 0 saturated carbocycles. The number of anilines is 1. The number of nitrogens with one attached hydrogen (secondary N) is 1. The van der Waals surface area contributed by atoms with Crippen LogP contribution in [0, 0.1) is 15.5 Å². The van der Waals surface area contributed by atoms with Crippen molar-refractivity contribution in [1.29, 1.82) is 5.41 Å². The van der Waals surface area contributed by atoms with Crippen molar-refractivity contribution in [3.05, 3.63) is 40.6 Å². The van der Waals surface area contributed by atoms with E-state index in [2.05, 4.69) is 4.98 Å². The predicted molar refractivity (Wildman–Crippen MR) is 79.5 cm³/mol. The molecule has 0 aliphatic rings. The number of fused-ring (bicyclic) bond motifs is 1. The molecule has 3 N–H and O–H groups in total. The molecule has 0 aliphatic heterocycles. The zero-order valence-electron chi connectivity index (χ0n) is 11.4. The van der Waals surface area contributed by atoms with Gasteiger partial charge in [-0.3, -0.25) is 15.5 Å². The van der Waals surface area contributed by atoms with Gasteiger partial charge in [0, 0.05) is 19.0 Å². The third-order valence-electron chi connectivity index (χ3n) is 3.00. The highest BCUT2D eigenvalue weighted by Crippen LogP contribution is 2.34. The molecule has 0 atom stereocenters. The standard InChI is InChI=1S/C13H15N5O3/c1-21-7-6-17(13(14)15)12-9-4-2-3-5-10(9)16-8-11(12)18(19)20/h2-5,8H,6-7H2,1H3,(H3,14,15). The lowest BCUT2D eigenvalue weighted by atomic mass is 10.1. The second-order valence-corrected chi connectivity index (χ2v) is 4.30. The van der Waals surface area contributed by atoms with Gasteiger partial charge in [-0.05, 0) is 6.07 Å². The Kier molecular flexibility index (Phi) is 4.29. The summed E-state index contributed by atoms with van der Waals surface area (Å²) >= 11 is 0. The fraction of sp³-hybridized carbons (Fsp3) is 0.231. The molecule has 110 valence electrons. The summed E-state index contributed by atoms with van der Waals surface area (Å²) in [6.45, 7) is 0.522.